The molecular formula is C23H28Cl2N2O2. The summed E-state index contributed by atoms with van der Waals surface area (Å²) < 4.78 is 0. The van der Waals surface area contributed by atoms with E-state index in [0.717, 1.165) is 12.0 Å². The predicted molar refractivity (Wildman–Crippen MR) is 119 cm³/mol. The monoisotopic (exact) mass is 434 g/mol. The SMILES string of the molecule is CCCNC(=O)C(CC)N(Cc1c(Cl)cccc1Cl)C(=O)CCc1ccccc1. The molecule has 156 valence electrons. The maximum atomic E-state index is 13.2. The lowest BCUT2D eigenvalue weighted by molar-refractivity contribution is -0.141. The molecule has 6 heteroatoms. The van der Waals surface area contributed by atoms with Crippen LogP contribution in [0.25, 0.3) is 0 Å². The van der Waals surface area contributed by atoms with Gasteiger partial charge in [-0.25, -0.2) is 0 Å². The van der Waals surface area contributed by atoms with Crippen molar-refractivity contribution in [3.8, 4) is 0 Å². The third-order valence-electron chi connectivity index (χ3n) is 4.80. The van der Waals surface area contributed by atoms with Gasteiger partial charge in [0.15, 0.2) is 0 Å². The number of carbonyl (C=O) groups excluding carboxylic acids is 2. The Hall–Kier alpha value is -2.04. The molecule has 0 bridgehead atoms. The number of hydrogen-bond acceptors (Lipinski definition) is 2. The van der Waals surface area contributed by atoms with Crippen molar-refractivity contribution in [2.45, 2.75) is 52.1 Å². The molecule has 0 aliphatic heterocycles. The number of benzene rings is 2. The van der Waals surface area contributed by atoms with E-state index in [4.69, 9.17) is 23.2 Å². The van der Waals surface area contributed by atoms with Crippen molar-refractivity contribution in [3.63, 3.8) is 0 Å². The highest BCUT2D eigenvalue weighted by Crippen LogP contribution is 2.27. The topological polar surface area (TPSA) is 49.4 Å². The zero-order valence-corrected chi connectivity index (χ0v) is 18.5. The second-order valence-electron chi connectivity index (χ2n) is 6.92. The van der Waals surface area contributed by atoms with Crippen LogP contribution in [0.1, 0.15) is 44.2 Å². The predicted octanol–water partition coefficient (Wildman–Crippen LogP) is 5.26. The van der Waals surface area contributed by atoms with Crippen molar-refractivity contribution in [1.29, 1.82) is 0 Å². The van der Waals surface area contributed by atoms with Crippen LogP contribution in [0.15, 0.2) is 48.5 Å². The zero-order chi connectivity index (χ0) is 21.2. The highest BCUT2D eigenvalue weighted by molar-refractivity contribution is 6.36. The molecule has 1 atom stereocenters. The molecule has 2 amide bonds. The Morgan fingerprint density at radius 3 is 2.24 bits per heavy atom. The Balaban J connectivity index is 2.25. The first-order chi connectivity index (χ1) is 14.0. The molecule has 2 rings (SSSR count). The van der Waals surface area contributed by atoms with E-state index >= 15 is 0 Å². The number of nitrogens with zero attached hydrogens (tertiary/aromatic N) is 1. The first kappa shape index (κ1) is 23.2. The number of amides is 2. The molecule has 0 aliphatic carbocycles. The lowest BCUT2D eigenvalue weighted by Gasteiger charge is -2.31. The van der Waals surface area contributed by atoms with Gasteiger partial charge < -0.3 is 10.2 Å². The quantitative estimate of drug-likeness (QED) is 0.554. The maximum absolute atomic E-state index is 13.2. The van der Waals surface area contributed by atoms with E-state index in [0.29, 0.717) is 41.4 Å². The zero-order valence-electron chi connectivity index (χ0n) is 17.0. The summed E-state index contributed by atoms with van der Waals surface area (Å²) in [5.74, 6) is -0.242. The lowest BCUT2D eigenvalue weighted by Crippen LogP contribution is -2.49. The molecule has 2 aromatic carbocycles. The van der Waals surface area contributed by atoms with Gasteiger partial charge in [0.2, 0.25) is 11.8 Å². The standard InChI is InChI=1S/C23H28Cl2N2O2/c1-3-15-26-23(29)21(4-2)27(16-18-19(24)11-8-12-20(18)25)22(28)14-13-17-9-6-5-7-10-17/h5-12,21H,3-4,13-16H2,1-2H3,(H,26,29). The van der Waals surface area contributed by atoms with E-state index in [9.17, 15) is 9.59 Å². The van der Waals surface area contributed by atoms with Crippen LogP contribution in [0.4, 0.5) is 0 Å². The highest BCUT2D eigenvalue weighted by Gasteiger charge is 2.29. The van der Waals surface area contributed by atoms with Gasteiger partial charge in [-0.1, -0.05) is 73.4 Å². The van der Waals surface area contributed by atoms with Gasteiger partial charge in [0.05, 0.1) is 0 Å². The molecule has 0 saturated heterocycles. The number of carbonyl (C=O) groups is 2. The summed E-state index contributed by atoms with van der Waals surface area (Å²) in [5.41, 5.74) is 1.74. The minimum atomic E-state index is -0.572. The number of hydrogen-bond donors (Lipinski definition) is 1. The normalized spacial score (nSPS) is 11.7. The molecule has 0 heterocycles. The molecule has 29 heavy (non-hydrogen) atoms. The Labute approximate surface area is 183 Å². The van der Waals surface area contributed by atoms with Gasteiger partial charge in [-0.2, -0.15) is 0 Å². The first-order valence-electron chi connectivity index (χ1n) is 10.0. The van der Waals surface area contributed by atoms with E-state index in [2.05, 4.69) is 5.32 Å². The average molecular weight is 435 g/mol. The summed E-state index contributed by atoms with van der Waals surface area (Å²) in [4.78, 5) is 27.5. The van der Waals surface area contributed by atoms with Crippen LogP contribution in [-0.4, -0.2) is 29.3 Å². The maximum Gasteiger partial charge on any atom is 0.242 e. The second kappa shape index (κ2) is 11.8. The van der Waals surface area contributed by atoms with Crippen LogP contribution in [0.5, 0.6) is 0 Å². The third kappa shape index (κ3) is 6.76. The molecular weight excluding hydrogens is 407 g/mol. The molecule has 0 saturated carbocycles. The first-order valence-corrected chi connectivity index (χ1v) is 10.8. The summed E-state index contributed by atoms with van der Waals surface area (Å²) in [6.45, 7) is 4.67. The van der Waals surface area contributed by atoms with Crippen molar-refractivity contribution in [2.75, 3.05) is 6.54 Å². The molecule has 0 spiro atoms. The van der Waals surface area contributed by atoms with Gasteiger partial charge >= 0.3 is 0 Å². The van der Waals surface area contributed by atoms with Crippen molar-refractivity contribution in [3.05, 3.63) is 69.7 Å². The van der Waals surface area contributed by atoms with Gasteiger partial charge in [0.25, 0.3) is 0 Å². The fourth-order valence-electron chi connectivity index (χ4n) is 3.18. The molecule has 0 fully saturated rings. The van der Waals surface area contributed by atoms with Crippen LogP contribution in [0.2, 0.25) is 10.0 Å². The molecule has 0 aliphatic rings. The van der Waals surface area contributed by atoms with Crippen LogP contribution in [-0.2, 0) is 22.6 Å². The summed E-state index contributed by atoms with van der Waals surface area (Å²) in [5, 5.41) is 3.88. The van der Waals surface area contributed by atoms with Gasteiger partial charge in [0, 0.05) is 35.1 Å². The van der Waals surface area contributed by atoms with E-state index in [1.54, 1.807) is 23.1 Å². The van der Waals surface area contributed by atoms with Crippen molar-refractivity contribution in [2.24, 2.45) is 0 Å². The molecule has 1 unspecified atom stereocenters. The number of rotatable bonds is 10. The Kier molecular flexibility index (Phi) is 9.49. The molecule has 0 aromatic heterocycles. The van der Waals surface area contributed by atoms with Gasteiger partial charge in [-0.05, 0) is 37.0 Å². The summed E-state index contributed by atoms with van der Waals surface area (Å²) in [6.07, 6.45) is 2.26. The molecule has 0 radical (unpaired) electrons. The van der Waals surface area contributed by atoms with E-state index in [-0.39, 0.29) is 18.4 Å². The van der Waals surface area contributed by atoms with E-state index in [1.807, 2.05) is 44.2 Å². The Bertz CT molecular complexity index is 792. The van der Waals surface area contributed by atoms with E-state index in [1.165, 1.54) is 0 Å². The summed E-state index contributed by atoms with van der Waals surface area (Å²) >= 11 is 12.7. The van der Waals surface area contributed by atoms with Crippen molar-refractivity contribution < 1.29 is 9.59 Å². The minimum absolute atomic E-state index is 0.0941. The van der Waals surface area contributed by atoms with Gasteiger partial charge in [0.1, 0.15) is 6.04 Å². The third-order valence-corrected chi connectivity index (χ3v) is 5.50. The van der Waals surface area contributed by atoms with Crippen LogP contribution in [0.3, 0.4) is 0 Å². The fourth-order valence-corrected chi connectivity index (χ4v) is 3.70. The number of nitrogens with one attached hydrogen (secondary N) is 1. The second-order valence-corrected chi connectivity index (χ2v) is 7.74. The highest BCUT2D eigenvalue weighted by atomic mass is 35.5. The number of aryl methyl sites for hydroxylation is 1. The summed E-state index contributed by atoms with van der Waals surface area (Å²) in [6, 6.07) is 14.5. The lowest BCUT2D eigenvalue weighted by atomic mass is 10.1. The Morgan fingerprint density at radius 1 is 1.00 bits per heavy atom. The summed E-state index contributed by atoms with van der Waals surface area (Å²) in [7, 11) is 0. The fraction of sp³-hybridized carbons (Fsp3) is 0.391. The molecule has 2 aromatic rings. The van der Waals surface area contributed by atoms with Crippen molar-refractivity contribution in [1.82, 2.24) is 10.2 Å². The smallest absolute Gasteiger partial charge is 0.242 e. The minimum Gasteiger partial charge on any atom is -0.354 e. The van der Waals surface area contributed by atoms with Crippen LogP contribution in [0, 0.1) is 0 Å². The van der Waals surface area contributed by atoms with Crippen molar-refractivity contribution >= 4 is 35.0 Å². The van der Waals surface area contributed by atoms with Gasteiger partial charge in [-0.15, -0.1) is 0 Å². The van der Waals surface area contributed by atoms with Crippen LogP contribution >= 0.6 is 23.2 Å². The molecule has 4 nitrogen and oxygen atoms in total. The number of halogens is 2. The van der Waals surface area contributed by atoms with Gasteiger partial charge in [-0.3, -0.25) is 9.59 Å². The Morgan fingerprint density at radius 2 is 1.66 bits per heavy atom. The molecule has 1 N–H and O–H groups in total. The van der Waals surface area contributed by atoms with Crippen LogP contribution < -0.4 is 5.32 Å². The average Bonchev–Trinajstić information content (AvgIpc) is 2.73. The largest absolute Gasteiger partial charge is 0.354 e. The van der Waals surface area contributed by atoms with E-state index < -0.39 is 6.04 Å².